The zero-order valence-corrected chi connectivity index (χ0v) is 19.5. The van der Waals surface area contributed by atoms with Crippen LogP contribution in [0, 0.1) is 5.82 Å². The van der Waals surface area contributed by atoms with Crippen molar-refractivity contribution in [3.63, 3.8) is 0 Å². The molecule has 0 saturated carbocycles. The van der Waals surface area contributed by atoms with Gasteiger partial charge in [-0.15, -0.1) is 10.2 Å². The van der Waals surface area contributed by atoms with Gasteiger partial charge in [-0.2, -0.15) is 0 Å². The predicted octanol–water partition coefficient (Wildman–Crippen LogP) is 4.15. The first kappa shape index (κ1) is 22.4. The minimum atomic E-state index is -0.351. The zero-order valence-electron chi connectivity index (χ0n) is 19.5. The third-order valence-corrected chi connectivity index (χ3v) is 6.29. The molecule has 5 heterocycles. The second kappa shape index (κ2) is 9.88. The average molecular weight is 483 g/mol. The van der Waals surface area contributed by atoms with Gasteiger partial charge in [0.15, 0.2) is 5.65 Å². The Hall–Kier alpha value is -4.08. The van der Waals surface area contributed by atoms with Gasteiger partial charge in [0.25, 0.3) is 0 Å². The molecular weight excluding hydrogens is 459 g/mol. The van der Waals surface area contributed by atoms with E-state index in [-0.39, 0.29) is 5.82 Å². The highest BCUT2D eigenvalue weighted by Crippen LogP contribution is 2.36. The fourth-order valence-electron chi connectivity index (χ4n) is 4.44. The van der Waals surface area contributed by atoms with Crippen molar-refractivity contribution < 1.29 is 13.9 Å². The molecule has 0 bridgehead atoms. The lowest BCUT2D eigenvalue weighted by Gasteiger charge is -2.26. The molecule has 1 aliphatic heterocycles. The van der Waals surface area contributed by atoms with Gasteiger partial charge >= 0.3 is 0 Å². The number of morpholine rings is 1. The summed E-state index contributed by atoms with van der Waals surface area (Å²) < 4.78 is 26.1. The number of halogens is 1. The number of rotatable bonds is 6. The molecule has 0 unspecified atom stereocenters. The Morgan fingerprint density at radius 1 is 0.917 bits per heavy atom. The number of fused-ring (bicyclic) bond motifs is 2. The molecule has 180 valence electrons. The van der Waals surface area contributed by atoms with E-state index < -0.39 is 0 Å². The van der Waals surface area contributed by atoms with E-state index in [1.165, 1.54) is 6.07 Å². The molecule has 4 aromatic heterocycles. The smallest absolute Gasteiger partial charge is 0.243 e. The average Bonchev–Trinajstić information content (AvgIpc) is 2.93. The van der Waals surface area contributed by atoms with Gasteiger partial charge in [-0.1, -0.05) is 12.1 Å². The Kier molecular flexibility index (Phi) is 6.15. The molecule has 0 radical (unpaired) electrons. The Balaban J connectivity index is 1.42. The molecule has 9 heteroatoms. The number of nitrogens with zero attached hydrogens (tertiary/aromatic N) is 6. The van der Waals surface area contributed by atoms with Crippen LogP contribution in [0.15, 0.2) is 67.1 Å². The van der Waals surface area contributed by atoms with E-state index in [4.69, 9.17) is 9.47 Å². The lowest BCUT2D eigenvalue weighted by Crippen LogP contribution is -2.38. The fourth-order valence-corrected chi connectivity index (χ4v) is 4.44. The van der Waals surface area contributed by atoms with Gasteiger partial charge in [-0.3, -0.25) is 9.88 Å². The van der Waals surface area contributed by atoms with Gasteiger partial charge in [0.1, 0.15) is 18.1 Å². The van der Waals surface area contributed by atoms with Crippen molar-refractivity contribution in [1.29, 1.82) is 0 Å². The van der Waals surface area contributed by atoms with Crippen molar-refractivity contribution >= 4 is 21.8 Å². The van der Waals surface area contributed by atoms with Crippen LogP contribution in [-0.4, -0.2) is 69.5 Å². The SMILES string of the molecule is Fc1ccccc1-c1cc(-c2nnc(OCCN3CCOCC3)c3cnccc23)c2cccnc2n1. The molecule has 36 heavy (non-hydrogen) atoms. The summed E-state index contributed by atoms with van der Waals surface area (Å²) in [5.41, 5.74) is 2.77. The molecule has 0 atom stereocenters. The molecule has 0 amide bonds. The summed E-state index contributed by atoms with van der Waals surface area (Å²) >= 11 is 0. The van der Waals surface area contributed by atoms with Crippen LogP contribution in [0.25, 0.3) is 44.3 Å². The second-order valence-corrected chi connectivity index (χ2v) is 8.49. The van der Waals surface area contributed by atoms with Crippen LogP contribution in [0.4, 0.5) is 4.39 Å². The normalized spacial score (nSPS) is 14.4. The predicted molar refractivity (Wildman–Crippen MR) is 134 cm³/mol. The number of hydrogen-bond donors (Lipinski definition) is 0. The summed E-state index contributed by atoms with van der Waals surface area (Å²) in [4.78, 5) is 15.7. The highest BCUT2D eigenvalue weighted by atomic mass is 19.1. The Morgan fingerprint density at radius 2 is 1.81 bits per heavy atom. The van der Waals surface area contributed by atoms with E-state index in [0.717, 1.165) is 54.6 Å². The molecule has 0 spiro atoms. The minimum absolute atomic E-state index is 0.351. The minimum Gasteiger partial charge on any atom is -0.475 e. The molecule has 0 aliphatic carbocycles. The van der Waals surface area contributed by atoms with Crippen molar-refractivity contribution in [2.45, 2.75) is 0 Å². The van der Waals surface area contributed by atoms with E-state index in [1.54, 1.807) is 36.8 Å². The lowest BCUT2D eigenvalue weighted by atomic mass is 10.0. The highest BCUT2D eigenvalue weighted by Gasteiger charge is 2.18. The van der Waals surface area contributed by atoms with E-state index >= 15 is 0 Å². The third kappa shape index (κ3) is 4.34. The van der Waals surface area contributed by atoms with Crippen molar-refractivity contribution in [3.05, 3.63) is 72.9 Å². The second-order valence-electron chi connectivity index (χ2n) is 8.49. The Morgan fingerprint density at radius 3 is 2.69 bits per heavy atom. The van der Waals surface area contributed by atoms with Crippen LogP contribution < -0.4 is 4.74 Å². The van der Waals surface area contributed by atoms with Gasteiger partial charge < -0.3 is 9.47 Å². The van der Waals surface area contributed by atoms with Crippen LogP contribution in [0.5, 0.6) is 5.88 Å². The van der Waals surface area contributed by atoms with Gasteiger partial charge in [0, 0.05) is 60.1 Å². The summed E-state index contributed by atoms with van der Waals surface area (Å²) in [5, 5.41) is 11.4. The van der Waals surface area contributed by atoms with Crippen LogP contribution in [0.1, 0.15) is 0 Å². The molecule has 6 rings (SSSR count). The number of pyridine rings is 3. The Labute approximate surface area is 206 Å². The molecule has 1 saturated heterocycles. The van der Waals surface area contributed by atoms with E-state index in [2.05, 4.69) is 30.0 Å². The molecule has 1 fully saturated rings. The quantitative estimate of drug-likeness (QED) is 0.357. The number of ether oxygens (including phenoxy) is 2. The number of aromatic nitrogens is 5. The van der Waals surface area contributed by atoms with Crippen molar-refractivity contribution in [2.75, 3.05) is 39.5 Å². The standard InChI is InChI=1S/C27H23FN6O2/c28-23-6-2-1-4-20(23)24-16-21(19-5-3-8-30-26(19)31-24)25-18-7-9-29-17-22(18)27(33-32-25)36-15-12-34-10-13-35-14-11-34/h1-9,16-17H,10-15H2. The largest absolute Gasteiger partial charge is 0.475 e. The maximum atomic E-state index is 14.6. The van der Waals surface area contributed by atoms with Crippen molar-refractivity contribution in [2.24, 2.45) is 0 Å². The maximum absolute atomic E-state index is 14.6. The maximum Gasteiger partial charge on any atom is 0.243 e. The zero-order chi connectivity index (χ0) is 24.3. The lowest BCUT2D eigenvalue weighted by molar-refractivity contribution is 0.0320. The summed E-state index contributed by atoms with van der Waals surface area (Å²) in [6, 6.07) is 14.1. The van der Waals surface area contributed by atoms with Gasteiger partial charge in [-0.05, 0) is 36.4 Å². The first-order valence-corrected chi connectivity index (χ1v) is 11.8. The molecule has 8 nitrogen and oxygen atoms in total. The van der Waals surface area contributed by atoms with Crippen molar-refractivity contribution in [1.82, 2.24) is 30.0 Å². The van der Waals surface area contributed by atoms with E-state index in [9.17, 15) is 4.39 Å². The molecular formula is C27H23FN6O2. The fraction of sp³-hybridized carbons (Fsp3) is 0.222. The summed E-state index contributed by atoms with van der Waals surface area (Å²) in [6.07, 6.45) is 5.12. The van der Waals surface area contributed by atoms with E-state index in [0.29, 0.717) is 35.1 Å². The number of hydrogen-bond acceptors (Lipinski definition) is 8. The first-order valence-electron chi connectivity index (χ1n) is 11.8. The molecule has 0 N–H and O–H groups in total. The molecule has 1 aliphatic rings. The summed E-state index contributed by atoms with van der Waals surface area (Å²) in [7, 11) is 0. The van der Waals surface area contributed by atoms with Crippen LogP contribution in [0.3, 0.4) is 0 Å². The van der Waals surface area contributed by atoms with Crippen molar-refractivity contribution in [3.8, 4) is 28.4 Å². The van der Waals surface area contributed by atoms with Crippen LogP contribution >= 0.6 is 0 Å². The van der Waals surface area contributed by atoms with Crippen LogP contribution in [-0.2, 0) is 4.74 Å². The summed E-state index contributed by atoms with van der Waals surface area (Å²) in [5.74, 6) is 0.0799. The van der Waals surface area contributed by atoms with Gasteiger partial charge in [-0.25, -0.2) is 14.4 Å². The van der Waals surface area contributed by atoms with Gasteiger partial charge in [0.05, 0.1) is 24.3 Å². The topological polar surface area (TPSA) is 86.2 Å². The summed E-state index contributed by atoms with van der Waals surface area (Å²) in [6.45, 7) is 4.53. The van der Waals surface area contributed by atoms with E-state index in [1.807, 2.05) is 24.3 Å². The molecule has 5 aromatic rings. The molecule has 1 aromatic carbocycles. The third-order valence-electron chi connectivity index (χ3n) is 6.29. The number of benzene rings is 1. The monoisotopic (exact) mass is 482 g/mol. The highest BCUT2D eigenvalue weighted by molar-refractivity contribution is 6.03. The Bertz CT molecular complexity index is 1540. The first-order chi connectivity index (χ1) is 17.8. The van der Waals surface area contributed by atoms with Crippen LogP contribution in [0.2, 0.25) is 0 Å². The van der Waals surface area contributed by atoms with Gasteiger partial charge in [0.2, 0.25) is 5.88 Å².